The van der Waals surface area contributed by atoms with Crippen LogP contribution in [-0.2, 0) is 4.79 Å². The number of guanidine groups is 1. The second-order valence-corrected chi connectivity index (χ2v) is 4.15. The molecule has 0 aromatic carbocycles. The van der Waals surface area contributed by atoms with Crippen molar-refractivity contribution in [2.45, 2.75) is 47.5 Å². The maximum Gasteiger partial charge on any atom is 0.191 e. The number of nitrogens with zero attached hydrogens (tertiary/aromatic N) is 2. The Morgan fingerprint density at radius 2 is 2.00 bits per heavy atom. The van der Waals surface area contributed by atoms with Crippen molar-refractivity contribution in [1.29, 1.82) is 0 Å². The van der Waals surface area contributed by atoms with E-state index in [1.54, 1.807) is 0 Å². The van der Waals surface area contributed by atoms with Crippen molar-refractivity contribution in [1.82, 2.24) is 4.90 Å². The average Bonchev–Trinajstić information content (AvgIpc) is 2.66. The summed E-state index contributed by atoms with van der Waals surface area (Å²) in [7, 11) is 1.94. The van der Waals surface area contributed by atoms with Crippen LogP contribution in [0.15, 0.2) is 4.99 Å². The molecule has 4 heteroatoms. The van der Waals surface area contributed by atoms with Gasteiger partial charge in [0.1, 0.15) is 5.78 Å². The molecule has 0 spiro atoms. The molecule has 0 aromatic rings. The molecule has 17 heavy (non-hydrogen) atoms. The molecule has 1 aliphatic heterocycles. The summed E-state index contributed by atoms with van der Waals surface area (Å²) in [5.41, 5.74) is 5.35. The van der Waals surface area contributed by atoms with Crippen LogP contribution in [0.4, 0.5) is 0 Å². The van der Waals surface area contributed by atoms with E-state index in [-0.39, 0.29) is 0 Å². The first-order valence-corrected chi connectivity index (χ1v) is 6.50. The van der Waals surface area contributed by atoms with Crippen LogP contribution in [0, 0.1) is 5.92 Å². The second kappa shape index (κ2) is 11.4. The molecule has 0 saturated heterocycles. The van der Waals surface area contributed by atoms with Crippen molar-refractivity contribution >= 4 is 11.7 Å². The van der Waals surface area contributed by atoms with Gasteiger partial charge in [0.05, 0.1) is 6.54 Å². The van der Waals surface area contributed by atoms with Crippen molar-refractivity contribution in [3.05, 3.63) is 0 Å². The van der Waals surface area contributed by atoms with Crippen LogP contribution in [0.25, 0.3) is 0 Å². The average molecular weight is 243 g/mol. The number of rotatable bonds is 3. The van der Waals surface area contributed by atoms with Gasteiger partial charge in [-0.2, -0.15) is 0 Å². The summed E-state index contributed by atoms with van der Waals surface area (Å²) in [6.45, 7) is 11.9. The molecule has 102 valence electrons. The lowest BCUT2D eigenvalue weighted by atomic mass is 10.1. The Morgan fingerprint density at radius 1 is 1.47 bits per heavy atom. The number of hydrogen-bond acceptors (Lipinski definition) is 4. The molecule has 0 unspecified atom stereocenters. The third-order valence-electron chi connectivity index (χ3n) is 2.13. The number of nitrogens with two attached hydrogens (primary N) is 1. The van der Waals surface area contributed by atoms with Gasteiger partial charge in [-0.25, -0.2) is 0 Å². The Hall–Kier alpha value is -1.06. The Bertz CT molecular complexity index is 225. The number of likely N-dealkylation sites (N-methyl/N-ethyl adjacent to an activating group) is 1. The van der Waals surface area contributed by atoms with Crippen molar-refractivity contribution in [3.8, 4) is 0 Å². The highest BCUT2D eigenvalue weighted by molar-refractivity contribution is 5.79. The summed E-state index contributed by atoms with van der Waals surface area (Å²) in [5, 5.41) is 0. The first kappa shape index (κ1) is 18.3. The zero-order valence-electron chi connectivity index (χ0n) is 12.3. The summed E-state index contributed by atoms with van der Waals surface area (Å²) in [6, 6.07) is 0. The molecule has 0 amide bonds. The third kappa shape index (κ3) is 11.2. The first-order chi connectivity index (χ1) is 7.97. The van der Waals surface area contributed by atoms with E-state index in [9.17, 15) is 4.79 Å². The SMILES string of the molecule is CC.CCC(=O)CC(C)C.CN1CCN=C1N. The summed E-state index contributed by atoms with van der Waals surface area (Å²) >= 11 is 0. The normalized spacial score (nSPS) is 13.4. The fourth-order valence-corrected chi connectivity index (χ4v) is 1.15. The molecule has 0 aromatic heterocycles. The summed E-state index contributed by atoms with van der Waals surface area (Å²) in [6.07, 6.45) is 1.44. The van der Waals surface area contributed by atoms with E-state index in [1.807, 2.05) is 32.7 Å². The van der Waals surface area contributed by atoms with Crippen LogP contribution in [0.1, 0.15) is 47.5 Å². The van der Waals surface area contributed by atoms with Crippen molar-refractivity contribution < 1.29 is 4.79 Å². The predicted octanol–water partition coefficient (Wildman–Crippen LogP) is 2.28. The summed E-state index contributed by atoms with van der Waals surface area (Å²) in [4.78, 5) is 16.5. The van der Waals surface area contributed by atoms with Gasteiger partial charge in [0.2, 0.25) is 0 Å². The van der Waals surface area contributed by atoms with Gasteiger partial charge in [0.25, 0.3) is 0 Å². The van der Waals surface area contributed by atoms with E-state index in [0.29, 0.717) is 24.1 Å². The lowest BCUT2D eigenvalue weighted by molar-refractivity contribution is -0.119. The maximum atomic E-state index is 10.6. The van der Waals surface area contributed by atoms with Gasteiger partial charge < -0.3 is 10.6 Å². The predicted molar refractivity (Wildman–Crippen MR) is 75.2 cm³/mol. The Kier molecular flexibility index (Phi) is 12.3. The maximum absolute atomic E-state index is 10.6. The lowest BCUT2D eigenvalue weighted by Gasteiger charge is -2.06. The van der Waals surface area contributed by atoms with Gasteiger partial charge >= 0.3 is 0 Å². The van der Waals surface area contributed by atoms with Crippen LogP contribution in [0.5, 0.6) is 0 Å². The van der Waals surface area contributed by atoms with Crippen LogP contribution in [0.3, 0.4) is 0 Å². The lowest BCUT2D eigenvalue weighted by Crippen LogP contribution is -2.29. The number of aliphatic imine (C=N–C) groups is 1. The Morgan fingerprint density at radius 3 is 2.12 bits per heavy atom. The second-order valence-electron chi connectivity index (χ2n) is 4.15. The first-order valence-electron chi connectivity index (χ1n) is 6.50. The number of ketones is 1. The minimum Gasteiger partial charge on any atom is -0.370 e. The summed E-state index contributed by atoms with van der Waals surface area (Å²) in [5.74, 6) is 1.57. The fourth-order valence-electron chi connectivity index (χ4n) is 1.15. The van der Waals surface area contributed by atoms with E-state index in [1.165, 1.54) is 0 Å². The highest BCUT2D eigenvalue weighted by atomic mass is 16.1. The minimum atomic E-state index is 0.375. The fraction of sp³-hybridized carbons (Fsp3) is 0.846. The molecule has 0 radical (unpaired) electrons. The number of Topliss-reactive ketones (excluding diaryl/α,β-unsaturated/α-hetero) is 1. The molecular weight excluding hydrogens is 214 g/mol. The topological polar surface area (TPSA) is 58.7 Å². The Balaban J connectivity index is 0. The zero-order chi connectivity index (χ0) is 13.8. The number of carbonyl (C=O) groups is 1. The van der Waals surface area contributed by atoms with Crippen molar-refractivity contribution in [2.75, 3.05) is 20.1 Å². The van der Waals surface area contributed by atoms with Gasteiger partial charge in [-0.05, 0) is 5.92 Å². The molecule has 0 bridgehead atoms. The smallest absolute Gasteiger partial charge is 0.191 e. The molecular formula is C13H29N3O. The zero-order valence-corrected chi connectivity index (χ0v) is 12.3. The highest BCUT2D eigenvalue weighted by Crippen LogP contribution is 2.01. The van der Waals surface area contributed by atoms with Crippen LogP contribution >= 0.6 is 0 Å². The molecule has 0 saturated carbocycles. The standard InChI is InChI=1S/C7H14O.C4H9N3.C2H6/c1-4-7(8)5-6(2)3;1-7-3-2-6-4(7)5;1-2/h6H,4-5H2,1-3H3;2-3H2,1H3,(H2,5,6);1-2H3. The van der Waals surface area contributed by atoms with Crippen LogP contribution < -0.4 is 5.73 Å². The Labute approximate surface area is 106 Å². The van der Waals surface area contributed by atoms with Crippen molar-refractivity contribution in [2.24, 2.45) is 16.6 Å². The van der Waals surface area contributed by atoms with Crippen molar-refractivity contribution in [3.63, 3.8) is 0 Å². The van der Waals surface area contributed by atoms with E-state index in [4.69, 9.17) is 5.73 Å². The monoisotopic (exact) mass is 243 g/mol. The van der Waals surface area contributed by atoms with E-state index in [2.05, 4.69) is 18.8 Å². The van der Waals surface area contributed by atoms with E-state index < -0.39 is 0 Å². The quantitative estimate of drug-likeness (QED) is 0.827. The van der Waals surface area contributed by atoms with Crippen LogP contribution in [-0.4, -0.2) is 36.8 Å². The largest absolute Gasteiger partial charge is 0.370 e. The molecule has 4 nitrogen and oxygen atoms in total. The minimum absolute atomic E-state index is 0.375. The summed E-state index contributed by atoms with van der Waals surface area (Å²) < 4.78 is 0. The van der Waals surface area contributed by atoms with Crippen LogP contribution in [0.2, 0.25) is 0 Å². The molecule has 1 rings (SSSR count). The molecule has 1 aliphatic rings. The van der Waals surface area contributed by atoms with Gasteiger partial charge in [-0.3, -0.25) is 9.79 Å². The van der Waals surface area contributed by atoms with Gasteiger partial charge in [-0.1, -0.05) is 34.6 Å². The number of hydrogen-bond donors (Lipinski definition) is 1. The molecule has 0 atom stereocenters. The van der Waals surface area contributed by atoms with Gasteiger partial charge in [-0.15, -0.1) is 0 Å². The van der Waals surface area contributed by atoms with Gasteiger partial charge in [0.15, 0.2) is 5.96 Å². The molecule has 2 N–H and O–H groups in total. The molecule has 0 aliphatic carbocycles. The van der Waals surface area contributed by atoms with E-state index in [0.717, 1.165) is 19.5 Å². The van der Waals surface area contributed by atoms with E-state index >= 15 is 0 Å². The molecule has 1 heterocycles. The number of carbonyl (C=O) groups excluding carboxylic acids is 1. The third-order valence-corrected chi connectivity index (χ3v) is 2.13. The molecule has 0 fully saturated rings. The highest BCUT2D eigenvalue weighted by Gasteiger charge is 2.05. The van der Waals surface area contributed by atoms with Gasteiger partial charge in [0, 0.05) is 26.4 Å².